The fourth-order valence-electron chi connectivity index (χ4n) is 2.30. The van der Waals surface area contributed by atoms with Crippen LogP contribution in [-0.4, -0.2) is 24.4 Å². The molecule has 1 unspecified atom stereocenters. The first-order valence-corrected chi connectivity index (χ1v) is 6.67. The summed E-state index contributed by atoms with van der Waals surface area (Å²) in [5.74, 6) is 1.10. The first-order valence-electron chi connectivity index (χ1n) is 6.67. The molecule has 1 aromatic carbocycles. The van der Waals surface area contributed by atoms with E-state index in [1.807, 2.05) is 30.1 Å². The molecule has 1 aliphatic rings. The van der Waals surface area contributed by atoms with Crippen LogP contribution in [-0.2, 0) is 11.2 Å². The Bertz CT molecular complexity index is 426. The summed E-state index contributed by atoms with van der Waals surface area (Å²) < 4.78 is 0. The number of nitrogens with two attached hydrogens (primary N) is 1. The summed E-state index contributed by atoms with van der Waals surface area (Å²) in [5, 5.41) is 0. The average molecular weight is 246 g/mol. The van der Waals surface area contributed by atoms with Gasteiger partial charge >= 0.3 is 0 Å². The molecule has 3 heteroatoms. The molecule has 1 aromatic rings. The zero-order valence-electron chi connectivity index (χ0n) is 11.2. The van der Waals surface area contributed by atoms with Gasteiger partial charge in [0.05, 0.1) is 0 Å². The van der Waals surface area contributed by atoms with Gasteiger partial charge in [-0.15, -0.1) is 0 Å². The molecule has 2 N–H and O–H groups in total. The summed E-state index contributed by atoms with van der Waals surface area (Å²) in [4.78, 5) is 14.0. The smallest absolute Gasteiger partial charge is 0.225 e. The maximum absolute atomic E-state index is 12.1. The van der Waals surface area contributed by atoms with Gasteiger partial charge in [0, 0.05) is 25.2 Å². The second-order valence-electron chi connectivity index (χ2n) is 5.38. The minimum absolute atomic E-state index is 0.191. The lowest BCUT2D eigenvalue weighted by Gasteiger charge is -2.21. The zero-order chi connectivity index (χ0) is 13.1. The highest BCUT2D eigenvalue weighted by Crippen LogP contribution is 2.37. The lowest BCUT2D eigenvalue weighted by molar-refractivity contribution is -0.134. The van der Waals surface area contributed by atoms with E-state index in [2.05, 4.69) is 13.0 Å². The predicted octanol–water partition coefficient (Wildman–Crippen LogP) is 2.32. The summed E-state index contributed by atoms with van der Waals surface area (Å²) >= 11 is 0. The van der Waals surface area contributed by atoms with Crippen LogP contribution in [0.2, 0.25) is 0 Å². The molecule has 0 bridgehead atoms. The number of amides is 1. The number of carbonyl (C=O) groups is 1. The number of carbonyl (C=O) groups excluding carboxylic acids is 1. The summed E-state index contributed by atoms with van der Waals surface area (Å²) in [6.45, 7) is 2.82. The van der Waals surface area contributed by atoms with E-state index < -0.39 is 0 Å². The lowest BCUT2D eigenvalue weighted by Crippen LogP contribution is -2.34. The average Bonchev–Trinajstić information content (AvgIpc) is 3.18. The van der Waals surface area contributed by atoms with E-state index in [9.17, 15) is 4.79 Å². The Morgan fingerprint density at radius 1 is 1.50 bits per heavy atom. The second kappa shape index (κ2) is 5.42. The van der Waals surface area contributed by atoms with E-state index in [1.54, 1.807) is 0 Å². The highest BCUT2D eigenvalue weighted by Gasteiger charge is 2.33. The number of nitrogen functional groups attached to an aromatic ring is 1. The SMILES string of the molecule is CC(C(=O)N(C)CCc1cccc(N)c1)C1CC1. The standard InChI is InChI=1S/C15H22N2O/c1-11(13-6-7-13)15(18)17(2)9-8-12-4-3-5-14(16)10-12/h3-5,10-11,13H,6-9,16H2,1-2H3. The first-order chi connectivity index (χ1) is 8.58. The van der Waals surface area contributed by atoms with Crippen LogP contribution < -0.4 is 5.73 Å². The quantitative estimate of drug-likeness (QED) is 0.810. The number of nitrogens with zero attached hydrogens (tertiary/aromatic N) is 1. The minimum Gasteiger partial charge on any atom is -0.399 e. The van der Waals surface area contributed by atoms with Crippen molar-refractivity contribution in [2.75, 3.05) is 19.3 Å². The van der Waals surface area contributed by atoms with Crippen molar-refractivity contribution in [3.8, 4) is 0 Å². The summed E-state index contributed by atoms with van der Waals surface area (Å²) in [6.07, 6.45) is 3.30. The van der Waals surface area contributed by atoms with Crippen molar-refractivity contribution >= 4 is 11.6 Å². The molecule has 2 rings (SSSR count). The Balaban J connectivity index is 1.83. The monoisotopic (exact) mass is 246 g/mol. The molecule has 0 radical (unpaired) electrons. The van der Waals surface area contributed by atoms with Crippen molar-refractivity contribution in [2.45, 2.75) is 26.2 Å². The van der Waals surface area contributed by atoms with E-state index in [0.717, 1.165) is 18.7 Å². The third kappa shape index (κ3) is 3.25. The third-order valence-corrected chi connectivity index (χ3v) is 3.78. The Hall–Kier alpha value is -1.51. The van der Waals surface area contributed by atoms with Gasteiger partial charge in [-0.25, -0.2) is 0 Å². The van der Waals surface area contributed by atoms with Crippen LogP contribution in [0.15, 0.2) is 24.3 Å². The van der Waals surface area contributed by atoms with Crippen LogP contribution >= 0.6 is 0 Å². The van der Waals surface area contributed by atoms with E-state index in [-0.39, 0.29) is 11.8 Å². The van der Waals surface area contributed by atoms with E-state index in [1.165, 1.54) is 18.4 Å². The lowest BCUT2D eigenvalue weighted by atomic mass is 10.0. The molecule has 1 fully saturated rings. The first kappa shape index (κ1) is 12.9. The predicted molar refractivity (Wildman–Crippen MR) is 74.1 cm³/mol. The molecule has 1 aliphatic carbocycles. The van der Waals surface area contributed by atoms with Gasteiger partial charge in [0.25, 0.3) is 0 Å². The minimum atomic E-state index is 0.191. The third-order valence-electron chi connectivity index (χ3n) is 3.78. The van der Waals surface area contributed by atoms with Crippen LogP contribution in [0.25, 0.3) is 0 Å². The molecule has 0 heterocycles. The summed E-state index contributed by atoms with van der Waals surface area (Å²) in [6, 6.07) is 7.87. The van der Waals surface area contributed by atoms with Crippen LogP contribution in [0.1, 0.15) is 25.3 Å². The van der Waals surface area contributed by atoms with Gasteiger partial charge in [0.15, 0.2) is 0 Å². The number of anilines is 1. The normalized spacial score (nSPS) is 16.3. The molecular formula is C15H22N2O. The van der Waals surface area contributed by atoms with Gasteiger partial charge in [0.2, 0.25) is 5.91 Å². The van der Waals surface area contributed by atoms with Crippen LogP contribution in [0.5, 0.6) is 0 Å². The summed E-state index contributed by atoms with van der Waals surface area (Å²) in [7, 11) is 1.90. The van der Waals surface area contributed by atoms with Gasteiger partial charge in [-0.05, 0) is 42.9 Å². The van der Waals surface area contributed by atoms with Crippen LogP contribution in [0.4, 0.5) is 5.69 Å². The molecule has 0 spiro atoms. The second-order valence-corrected chi connectivity index (χ2v) is 5.38. The van der Waals surface area contributed by atoms with Crippen molar-refractivity contribution in [3.05, 3.63) is 29.8 Å². The van der Waals surface area contributed by atoms with Gasteiger partial charge in [0.1, 0.15) is 0 Å². The van der Waals surface area contributed by atoms with Crippen molar-refractivity contribution in [1.29, 1.82) is 0 Å². The maximum atomic E-state index is 12.1. The van der Waals surface area contributed by atoms with Crippen molar-refractivity contribution in [3.63, 3.8) is 0 Å². The number of likely N-dealkylation sites (N-methyl/N-ethyl adjacent to an activating group) is 1. The Morgan fingerprint density at radius 3 is 2.83 bits per heavy atom. The van der Waals surface area contributed by atoms with Gasteiger partial charge in [-0.3, -0.25) is 4.79 Å². The molecule has 1 atom stereocenters. The molecule has 1 saturated carbocycles. The maximum Gasteiger partial charge on any atom is 0.225 e. The number of hydrogen-bond acceptors (Lipinski definition) is 2. The van der Waals surface area contributed by atoms with Crippen LogP contribution in [0, 0.1) is 11.8 Å². The van der Waals surface area contributed by atoms with E-state index >= 15 is 0 Å². The van der Waals surface area contributed by atoms with Crippen molar-refractivity contribution < 1.29 is 4.79 Å². The highest BCUT2D eigenvalue weighted by atomic mass is 16.2. The van der Waals surface area contributed by atoms with Crippen molar-refractivity contribution in [1.82, 2.24) is 4.90 Å². The van der Waals surface area contributed by atoms with E-state index in [4.69, 9.17) is 5.73 Å². The zero-order valence-corrected chi connectivity index (χ0v) is 11.2. The Kier molecular flexibility index (Phi) is 3.90. The number of benzene rings is 1. The number of rotatable bonds is 5. The topological polar surface area (TPSA) is 46.3 Å². The molecule has 1 amide bonds. The fourth-order valence-corrected chi connectivity index (χ4v) is 2.30. The fraction of sp³-hybridized carbons (Fsp3) is 0.533. The highest BCUT2D eigenvalue weighted by molar-refractivity contribution is 5.78. The molecule has 98 valence electrons. The molecule has 3 nitrogen and oxygen atoms in total. The summed E-state index contributed by atoms with van der Waals surface area (Å²) in [5.41, 5.74) is 7.71. The largest absolute Gasteiger partial charge is 0.399 e. The molecule has 18 heavy (non-hydrogen) atoms. The van der Waals surface area contributed by atoms with E-state index in [0.29, 0.717) is 5.92 Å². The van der Waals surface area contributed by atoms with Gasteiger partial charge in [-0.2, -0.15) is 0 Å². The molecule has 0 aromatic heterocycles. The Morgan fingerprint density at radius 2 is 2.22 bits per heavy atom. The van der Waals surface area contributed by atoms with Crippen LogP contribution in [0.3, 0.4) is 0 Å². The van der Waals surface area contributed by atoms with Gasteiger partial charge in [-0.1, -0.05) is 19.1 Å². The van der Waals surface area contributed by atoms with Crippen molar-refractivity contribution in [2.24, 2.45) is 11.8 Å². The molecule has 0 aliphatic heterocycles. The Labute approximate surface area is 109 Å². The van der Waals surface area contributed by atoms with Gasteiger partial charge < -0.3 is 10.6 Å². The molecule has 0 saturated heterocycles. The molecular weight excluding hydrogens is 224 g/mol. The number of hydrogen-bond donors (Lipinski definition) is 1.